The van der Waals surface area contributed by atoms with E-state index in [-0.39, 0.29) is 26.0 Å². The second-order valence-corrected chi connectivity index (χ2v) is 15.9. The number of fused-ring (bicyclic) bond motifs is 2. The van der Waals surface area contributed by atoms with Crippen LogP contribution < -0.4 is 16.6 Å². The number of thioether (sulfide) groups is 1. The van der Waals surface area contributed by atoms with Crippen molar-refractivity contribution in [3.63, 3.8) is 0 Å². The van der Waals surface area contributed by atoms with E-state index in [2.05, 4.69) is 26.9 Å². The zero-order chi connectivity index (χ0) is 38.4. The van der Waals surface area contributed by atoms with Crippen molar-refractivity contribution in [3.05, 3.63) is 152 Å². The normalized spacial score (nSPS) is 10.4. The van der Waals surface area contributed by atoms with Crippen LogP contribution in [0.5, 0.6) is 0 Å². The monoisotopic (exact) mass is 844 g/mol. The smallest absolute Gasteiger partial charge is 0.423 e. The second-order valence-electron chi connectivity index (χ2n) is 11.5. The van der Waals surface area contributed by atoms with Gasteiger partial charge >= 0.3 is 7.12 Å². The van der Waals surface area contributed by atoms with Gasteiger partial charge in [0.25, 0.3) is 11.1 Å². The van der Waals surface area contributed by atoms with Gasteiger partial charge < -0.3 is 10.0 Å². The van der Waals surface area contributed by atoms with Gasteiger partial charge in [0.2, 0.25) is 0 Å². The summed E-state index contributed by atoms with van der Waals surface area (Å²) in [5.41, 5.74) is 5.36. The van der Waals surface area contributed by atoms with Gasteiger partial charge in [0.05, 0.1) is 21.4 Å². The van der Waals surface area contributed by atoms with Crippen LogP contribution in [0.1, 0.15) is 32.9 Å². The Morgan fingerprint density at radius 1 is 0.679 bits per heavy atom. The van der Waals surface area contributed by atoms with Gasteiger partial charge in [-0.15, -0.1) is 22.7 Å². The van der Waals surface area contributed by atoms with Gasteiger partial charge in [-0.1, -0.05) is 142 Å². The third-order valence-electron chi connectivity index (χ3n) is 7.86. The topological polar surface area (TPSA) is 136 Å². The number of halogens is 2. The number of nitrogens with zero attached hydrogens (tertiary/aromatic N) is 6. The van der Waals surface area contributed by atoms with Crippen LogP contribution in [0.2, 0.25) is 10.0 Å². The van der Waals surface area contributed by atoms with Crippen molar-refractivity contribution in [1.82, 2.24) is 29.1 Å². The van der Waals surface area contributed by atoms with E-state index in [0.717, 1.165) is 31.8 Å². The van der Waals surface area contributed by atoms with Crippen molar-refractivity contribution >= 4 is 90.9 Å². The van der Waals surface area contributed by atoms with E-state index in [9.17, 15) is 9.59 Å². The Morgan fingerprint density at radius 2 is 1.16 bits per heavy atom. The van der Waals surface area contributed by atoms with Crippen molar-refractivity contribution in [2.45, 2.75) is 40.0 Å². The lowest BCUT2D eigenvalue weighted by Crippen LogP contribution is -2.29. The van der Waals surface area contributed by atoms with E-state index in [0.29, 0.717) is 47.6 Å². The van der Waals surface area contributed by atoms with Crippen molar-refractivity contribution in [1.29, 1.82) is 0 Å². The molecule has 0 atom stereocenters. The Bertz CT molecular complexity index is 2630. The Balaban J connectivity index is 0.000000200. The molecule has 16 heteroatoms. The van der Waals surface area contributed by atoms with E-state index >= 15 is 0 Å². The average molecular weight is 846 g/mol. The minimum absolute atomic E-state index is 0. The Labute approximate surface area is 347 Å². The van der Waals surface area contributed by atoms with Crippen LogP contribution in [-0.2, 0) is 0 Å². The maximum Gasteiger partial charge on any atom is 0.488 e. The van der Waals surface area contributed by atoms with E-state index in [1.807, 2.05) is 74.5 Å². The molecule has 10 nitrogen and oxygen atoms in total. The molecule has 0 aliphatic carbocycles. The Kier molecular flexibility index (Phi) is 15.7. The molecular formula is C40H39BCl2N6O4S3. The lowest BCUT2D eigenvalue weighted by molar-refractivity contribution is 0.426. The predicted octanol–water partition coefficient (Wildman–Crippen LogP) is 9.03. The van der Waals surface area contributed by atoms with Crippen LogP contribution in [0.25, 0.3) is 42.6 Å². The molecule has 0 radical (unpaired) electrons. The standard InChI is InChI=1S/C18H12ClN3OS.C14H12ClN3OS2.C6H7BO2.2CH4/c1-11-6-5-9-13(19)14(11)22-10-20-16-15(18(22)23)24-17(21-16)12-7-3-2-4-8-12;1-3-20-14-17-12-11(21-14)13(19)18(7-16-12)10-8(2)5-4-6-9(10)15;8-7(9)6-4-2-1-3-5-6;;/h2-10H,1H3;4-7H,3H2,1-2H3;1-5,8-9H;2*1H4. The highest BCUT2D eigenvalue weighted by molar-refractivity contribution is 8.01. The first kappa shape index (κ1) is 44.1. The molecular weight excluding hydrogens is 806 g/mol. The van der Waals surface area contributed by atoms with E-state index in [4.69, 9.17) is 33.2 Å². The lowest BCUT2D eigenvalue weighted by Gasteiger charge is -2.10. The molecule has 0 aliphatic heterocycles. The molecule has 0 saturated carbocycles. The van der Waals surface area contributed by atoms with E-state index < -0.39 is 7.12 Å². The zero-order valence-corrected chi connectivity index (χ0v) is 33.0. The van der Waals surface area contributed by atoms with Gasteiger partial charge in [0.1, 0.15) is 27.1 Å². The summed E-state index contributed by atoms with van der Waals surface area (Å²) in [5.74, 6) is 0.914. The average Bonchev–Trinajstić information content (AvgIpc) is 3.80. The van der Waals surface area contributed by atoms with Gasteiger partial charge in [-0.25, -0.2) is 19.9 Å². The predicted molar refractivity (Wildman–Crippen MR) is 237 cm³/mol. The fourth-order valence-corrected chi connectivity index (χ4v) is 8.80. The van der Waals surface area contributed by atoms with Crippen molar-refractivity contribution in [2.24, 2.45) is 0 Å². The van der Waals surface area contributed by atoms with Crippen LogP contribution in [-0.4, -0.2) is 52.0 Å². The number of hydrogen-bond acceptors (Lipinski definition) is 11. The number of hydrogen-bond donors (Lipinski definition) is 2. The summed E-state index contributed by atoms with van der Waals surface area (Å²) in [4.78, 5) is 43.1. The summed E-state index contributed by atoms with van der Waals surface area (Å²) in [6.45, 7) is 5.89. The molecule has 8 aromatic rings. The number of para-hydroxylation sites is 2. The molecule has 56 heavy (non-hydrogen) atoms. The van der Waals surface area contributed by atoms with Crippen LogP contribution in [0, 0.1) is 13.8 Å². The van der Waals surface area contributed by atoms with Gasteiger partial charge in [-0.05, 0) is 48.3 Å². The van der Waals surface area contributed by atoms with E-state index in [1.165, 1.54) is 44.5 Å². The summed E-state index contributed by atoms with van der Waals surface area (Å²) in [6, 6.07) is 29.5. The number of aromatic nitrogens is 6. The van der Waals surface area contributed by atoms with Crippen molar-refractivity contribution < 1.29 is 10.0 Å². The molecule has 0 unspecified atom stereocenters. The Morgan fingerprint density at radius 3 is 1.62 bits per heavy atom. The molecule has 0 aliphatic rings. The van der Waals surface area contributed by atoms with Crippen LogP contribution >= 0.6 is 57.6 Å². The fourth-order valence-electron chi connectivity index (χ4n) is 5.30. The van der Waals surface area contributed by atoms with Crippen LogP contribution in [0.4, 0.5) is 0 Å². The first-order valence-electron chi connectivity index (χ1n) is 16.4. The van der Waals surface area contributed by atoms with Crippen LogP contribution in [0.3, 0.4) is 0 Å². The lowest BCUT2D eigenvalue weighted by atomic mass is 9.81. The van der Waals surface area contributed by atoms with Crippen LogP contribution in [0.15, 0.2) is 124 Å². The number of benzene rings is 4. The molecule has 2 N–H and O–H groups in total. The number of thiazole rings is 2. The largest absolute Gasteiger partial charge is 0.488 e. The molecule has 4 aromatic carbocycles. The number of aryl methyl sites for hydroxylation is 2. The summed E-state index contributed by atoms with van der Waals surface area (Å²) in [7, 11) is -1.34. The van der Waals surface area contributed by atoms with Crippen molar-refractivity contribution in [3.8, 4) is 21.9 Å². The zero-order valence-electron chi connectivity index (χ0n) is 29.1. The first-order valence-corrected chi connectivity index (χ1v) is 19.8. The summed E-state index contributed by atoms with van der Waals surface area (Å²) in [6.07, 6.45) is 2.99. The highest BCUT2D eigenvalue weighted by Gasteiger charge is 2.17. The van der Waals surface area contributed by atoms with Crippen molar-refractivity contribution in [2.75, 3.05) is 5.75 Å². The molecule has 0 fully saturated rings. The molecule has 288 valence electrons. The fraction of sp³-hybridized carbons (Fsp3) is 0.150. The highest BCUT2D eigenvalue weighted by Crippen LogP contribution is 2.30. The minimum atomic E-state index is -1.34. The van der Waals surface area contributed by atoms with Gasteiger partial charge in [-0.3, -0.25) is 18.7 Å². The van der Waals surface area contributed by atoms with Gasteiger partial charge in [-0.2, -0.15) is 0 Å². The quantitative estimate of drug-likeness (QED) is 0.124. The molecule has 0 amide bonds. The SMILES string of the molecule is C.C.CCSc1nc2ncn(-c3c(C)cccc3Cl)c(=O)c2s1.Cc1cccc(Cl)c1-n1cnc2nc(-c3ccccc3)sc2c1=O.OB(O)c1ccccc1. The molecule has 4 aromatic heterocycles. The summed E-state index contributed by atoms with van der Waals surface area (Å²) >= 11 is 16.9. The minimum Gasteiger partial charge on any atom is -0.423 e. The van der Waals surface area contributed by atoms with E-state index in [1.54, 1.807) is 48.2 Å². The number of rotatable bonds is 6. The molecule has 0 saturated heterocycles. The third-order valence-corrected chi connectivity index (χ3v) is 11.6. The first-order chi connectivity index (χ1) is 26.1. The summed E-state index contributed by atoms with van der Waals surface area (Å²) < 4.78 is 4.94. The third kappa shape index (κ3) is 9.82. The molecule has 0 spiro atoms. The van der Waals surface area contributed by atoms with Gasteiger partial charge in [0, 0.05) is 5.56 Å². The van der Waals surface area contributed by atoms with Gasteiger partial charge in [0.15, 0.2) is 15.6 Å². The maximum atomic E-state index is 12.9. The molecule has 8 rings (SSSR count). The highest BCUT2D eigenvalue weighted by atomic mass is 35.5. The second kappa shape index (κ2) is 20.0. The molecule has 4 heterocycles. The Hall–Kier alpha value is -4.67. The maximum absolute atomic E-state index is 12.9. The molecule has 0 bridgehead atoms. The summed E-state index contributed by atoms with van der Waals surface area (Å²) in [5, 5.41) is 19.0.